The highest BCUT2D eigenvalue weighted by Crippen LogP contribution is 2.26. The van der Waals surface area contributed by atoms with Gasteiger partial charge in [0.2, 0.25) is 0 Å². The molecule has 33 heavy (non-hydrogen) atoms. The Morgan fingerprint density at radius 1 is 1.09 bits per heavy atom. The number of H-pyrrole nitrogens is 1. The van der Waals surface area contributed by atoms with Crippen molar-refractivity contribution in [2.75, 3.05) is 18.4 Å². The van der Waals surface area contributed by atoms with Gasteiger partial charge < -0.3 is 10.2 Å². The number of nitrogens with one attached hydrogen (secondary N) is 2. The van der Waals surface area contributed by atoms with Crippen LogP contribution in [0.1, 0.15) is 49.7 Å². The number of aromatic amines is 1. The monoisotopic (exact) mass is 456 g/mol. The number of anilines is 1. The van der Waals surface area contributed by atoms with E-state index in [2.05, 4.69) is 15.5 Å². The molecule has 3 heterocycles. The molecule has 1 aliphatic heterocycles. The highest BCUT2D eigenvalue weighted by atomic mass is 32.1. The Hall–Kier alpha value is -3.71. The van der Waals surface area contributed by atoms with E-state index in [4.69, 9.17) is 0 Å². The molecule has 5 rings (SSSR count). The van der Waals surface area contributed by atoms with Gasteiger partial charge in [-0.25, -0.2) is 0 Å². The van der Waals surface area contributed by atoms with E-state index < -0.39 is 0 Å². The smallest absolute Gasteiger partial charge is 0.266 e. The lowest BCUT2D eigenvalue weighted by Crippen LogP contribution is -2.27. The van der Waals surface area contributed by atoms with Gasteiger partial charge in [-0.05, 0) is 66.6 Å². The summed E-state index contributed by atoms with van der Waals surface area (Å²) in [5, 5.41) is 13.4. The van der Waals surface area contributed by atoms with Crippen molar-refractivity contribution >= 4 is 51.9 Å². The third-order valence-corrected chi connectivity index (χ3v) is 6.95. The van der Waals surface area contributed by atoms with E-state index in [1.165, 1.54) is 11.3 Å². The Bertz CT molecular complexity index is 1360. The van der Waals surface area contributed by atoms with Gasteiger partial charge in [-0.15, -0.1) is 11.3 Å². The van der Waals surface area contributed by atoms with Crippen LogP contribution >= 0.6 is 11.3 Å². The molecule has 0 aliphatic carbocycles. The van der Waals surface area contributed by atoms with Crippen molar-refractivity contribution in [3.63, 3.8) is 0 Å². The molecule has 7 heteroatoms. The number of benzene rings is 2. The number of carbonyl (C=O) groups is 2. The lowest BCUT2D eigenvalue weighted by Gasteiger charge is -2.17. The van der Waals surface area contributed by atoms with E-state index in [0.717, 1.165) is 53.7 Å². The molecular weight excluding hydrogens is 432 g/mol. The Kier molecular flexibility index (Phi) is 5.79. The van der Waals surface area contributed by atoms with Crippen LogP contribution < -0.4 is 5.32 Å². The Morgan fingerprint density at radius 3 is 2.70 bits per heavy atom. The summed E-state index contributed by atoms with van der Waals surface area (Å²) in [6.45, 7) is 3.48. The number of aromatic nitrogens is 2. The third-order valence-electron chi connectivity index (χ3n) is 5.93. The topological polar surface area (TPSA) is 78.1 Å². The molecule has 0 atom stereocenters. The molecule has 1 saturated heterocycles. The molecule has 0 radical (unpaired) electrons. The fraction of sp³-hybridized carbons (Fsp3) is 0.192. The molecule has 1 aliphatic rings. The standard InChI is InChI=1S/C26H24N4O2S/c1-17-12-15-33-24(17)25(31)27-23-16-19(26(32)30-13-4-5-14-30)9-8-18(23)10-11-22-20-6-2-3-7-21(20)28-29-22/h2-3,6-12,15-16H,4-5,13-14H2,1H3,(H,27,31)(H,28,29). The van der Waals surface area contributed by atoms with Crippen LogP contribution in [0.3, 0.4) is 0 Å². The summed E-state index contributed by atoms with van der Waals surface area (Å²) in [6, 6.07) is 15.3. The zero-order chi connectivity index (χ0) is 22.8. The van der Waals surface area contributed by atoms with Crippen LogP contribution in [0.25, 0.3) is 23.1 Å². The fourth-order valence-corrected chi connectivity index (χ4v) is 4.93. The first-order chi connectivity index (χ1) is 16.1. The minimum atomic E-state index is -0.173. The van der Waals surface area contributed by atoms with Gasteiger partial charge in [0.15, 0.2) is 0 Å². The van der Waals surface area contributed by atoms with E-state index in [1.807, 2.05) is 71.8 Å². The maximum Gasteiger partial charge on any atom is 0.266 e. The lowest BCUT2D eigenvalue weighted by molar-refractivity contribution is 0.0792. The second-order valence-corrected chi connectivity index (χ2v) is 9.09. The lowest BCUT2D eigenvalue weighted by atomic mass is 10.1. The molecule has 2 aromatic carbocycles. The van der Waals surface area contributed by atoms with Gasteiger partial charge >= 0.3 is 0 Å². The zero-order valence-corrected chi connectivity index (χ0v) is 19.1. The average molecular weight is 457 g/mol. The fourth-order valence-electron chi connectivity index (χ4n) is 4.11. The quantitative estimate of drug-likeness (QED) is 0.411. The molecule has 0 spiro atoms. The highest BCUT2D eigenvalue weighted by Gasteiger charge is 2.21. The van der Waals surface area contributed by atoms with Gasteiger partial charge in [0.05, 0.1) is 16.1 Å². The molecule has 0 saturated carbocycles. The molecule has 0 bridgehead atoms. The van der Waals surface area contributed by atoms with Crippen molar-refractivity contribution in [3.05, 3.63) is 81.2 Å². The number of fused-ring (bicyclic) bond motifs is 1. The van der Waals surface area contributed by atoms with E-state index in [1.54, 1.807) is 6.07 Å². The number of carbonyl (C=O) groups excluding carboxylic acids is 2. The van der Waals surface area contributed by atoms with Crippen molar-refractivity contribution in [2.45, 2.75) is 19.8 Å². The number of amides is 2. The molecule has 4 aromatic rings. The first-order valence-electron chi connectivity index (χ1n) is 11.0. The number of thiophene rings is 1. The van der Waals surface area contributed by atoms with Gasteiger partial charge in [-0.2, -0.15) is 5.10 Å². The van der Waals surface area contributed by atoms with Crippen LogP contribution in [0, 0.1) is 6.92 Å². The van der Waals surface area contributed by atoms with Crippen molar-refractivity contribution in [1.29, 1.82) is 0 Å². The van der Waals surface area contributed by atoms with E-state index in [-0.39, 0.29) is 11.8 Å². The van der Waals surface area contributed by atoms with E-state index in [9.17, 15) is 9.59 Å². The summed E-state index contributed by atoms with van der Waals surface area (Å²) in [7, 11) is 0. The van der Waals surface area contributed by atoms with Crippen LogP contribution in [-0.4, -0.2) is 40.0 Å². The van der Waals surface area contributed by atoms with Crippen LogP contribution in [0.5, 0.6) is 0 Å². The number of rotatable bonds is 5. The molecule has 2 amide bonds. The first-order valence-corrected chi connectivity index (χ1v) is 11.9. The van der Waals surface area contributed by atoms with Crippen LogP contribution in [0.2, 0.25) is 0 Å². The summed E-state index contributed by atoms with van der Waals surface area (Å²) in [5.74, 6) is -0.169. The number of para-hydroxylation sites is 1. The summed E-state index contributed by atoms with van der Waals surface area (Å²) in [4.78, 5) is 28.4. The molecule has 0 unspecified atom stereocenters. The van der Waals surface area contributed by atoms with Crippen LogP contribution in [0.15, 0.2) is 53.9 Å². The Balaban J connectivity index is 1.49. The van der Waals surface area contributed by atoms with Gasteiger partial charge in [0, 0.05) is 29.7 Å². The van der Waals surface area contributed by atoms with Crippen LogP contribution in [0.4, 0.5) is 5.69 Å². The number of hydrogen-bond donors (Lipinski definition) is 2. The second-order valence-electron chi connectivity index (χ2n) is 8.18. The number of likely N-dealkylation sites (tertiary alicyclic amines) is 1. The Labute approximate surface area is 195 Å². The zero-order valence-electron chi connectivity index (χ0n) is 18.3. The minimum absolute atomic E-state index is 0.00382. The predicted molar refractivity (Wildman–Crippen MR) is 134 cm³/mol. The molecule has 1 fully saturated rings. The molecular formula is C26H24N4O2S. The number of nitrogens with zero attached hydrogens (tertiary/aromatic N) is 2. The SMILES string of the molecule is Cc1ccsc1C(=O)Nc1cc(C(=O)N2CCCC2)ccc1C=Cc1n[nH]c2ccccc12. The largest absolute Gasteiger partial charge is 0.339 e. The van der Waals surface area contributed by atoms with Gasteiger partial charge in [0.1, 0.15) is 0 Å². The van der Waals surface area contributed by atoms with Crippen LogP contribution in [-0.2, 0) is 0 Å². The number of hydrogen-bond acceptors (Lipinski definition) is 4. The summed E-state index contributed by atoms with van der Waals surface area (Å²) >= 11 is 1.41. The van der Waals surface area contributed by atoms with Crippen molar-refractivity contribution in [2.24, 2.45) is 0 Å². The van der Waals surface area contributed by atoms with E-state index in [0.29, 0.717) is 16.1 Å². The van der Waals surface area contributed by atoms with Gasteiger partial charge in [0.25, 0.3) is 11.8 Å². The second kappa shape index (κ2) is 9.03. The predicted octanol–water partition coefficient (Wildman–Crippen LogP) is 5.59. The molecule has 6 nitrogen and oxygen atoms in total. The van der Waals surface area contributed by atoms with Gasteiger partial charge in [-0.3, -0.25) is 14.7 Å². The van der Waals surface area contributed by atoms with E-state index >= 15 is 0 Å². The average Bonchev–Trinajstić information content (AvgIpc) is 3.59. The normalized spacial score (nSPS) is 13.8. The van der Waals surface area contributed by atoms with Crippen molar-refractivity contribution in [1.82, 2.24) is 15.1 Å². The van der Waals surface area contributed by atoms with Crippen molar-refractivity contribution in [3.8, 4) is 0 Å². The maximum absolute atomic E-state index is 13.0. The summed E-state index contributed by atoms with van der Waals surface area (Å²) < 4.78 is 0. The Morgan fingerprint density at radius 2 is 1.91 bits per heavy atom. The summed E-state index contributed by atoms with van der Waals surface area (Å²) in [6.07, 6.45) is 5.91. The molecule has 166 valence electrons. The van der Waals surface area contributed by atoms with Gasteiger partial charge in [-0.1, -0.05) is 30.3 Å². The first kappa shape index (κ1) is 21.2. The highest BCUT2D eigenvalue weighted by molar-refractivity contribution is 7.12. The molecule has 2 N–H and O–H groups in total. The maximum atomic E-state index is 13.0. The molecule has 2 aromatic heterocycles. The third kappa shape index (κ3) is 4.32. The van der Waals surface area contributed by atoms with Crippen molar-refractivity contribution < 1.29 is 9.59 Å². The summed E-state index contributed by atoms with van der Waals surface area (Å²) in [5.41, 5.74) is 4.70. The minimum Gasteiger partial charge on any atom is -0.339 e. The number of aryl methyl sites for hydroxylation is 1.